The lowest BCUT2D eigenvalue weighted by Crippen LogP contribution is -2.50. The number of nitrogens with zero attached hydrogens (tertiary/aromatic N) is 3. The predicted octanol–water partition coefficient (Wildman–Crippen LogP) is 1.98. The fourth-order valence-electron chi connectivity index (χ4n) is 3.10. The Morgan fingerprint density at radius 1 is 1.28 bits per heavy atom. The second kappa shape index (κ2) is 4.58. The normalized spacial score (nSPS) is 23.8. The number of hydrogen-bond acceptors (Lipinski definition) is 3. The highest BCUT2D eigenvalue weighted by Crippen LogP contribution is 2.28. The molecule has 1 aromatic carbocycles. The summed E-state index contributed by atoms with van der Waals surface area (Å²) < 4.78 is 13.6. The summed E-state index contributed by atoms with van der Waals surface area (Å²) in [5, 5.41) is 9.09. The number of benzene rings is 1. The second-order valence-electron chi connectivity index (χ2n) is 5.02. The molecule has 2 heterocycles. The molecule has 1 aromatic rings. The Bertz CT molecular complexity index is 494. The fraction of sp³-hybridized carbons (Fsp3) is 0.500. The van der Waals surface area contributed by atoms with E-state index in [2.05, 4.69) is 9.80 Å². The molecule has 0 radical (unpaired) electrons. The van der Waals surface area contributed by atoms with Crippen molar-refractivity contribution in [3.05, 3.63) is 29.6 Å². The summed E-state index contributed by atoms with van der Waals surface area (Å²) in [6.45, 7) is 4.01. The first-order valence-corrected chi connectivity index (χ1v) is 6.47. The number of piperazine rings is 1. The molecule has 0 aliphatic carbocycles. The third kappa shape index (κ3) is 1.85. The summed E-state index contributed by atoms with van der Waals surface area (Å²) >= 11 is 0. The average Bonchev–Trinajstić information content (AvgIpc) is 2.85. The van der Waals surface area contributed by atoms with Gasteiger partial charge in [0.1, 0.15) is 17.4 Å². The maximum Gasteiger partial charge on any atom is 0.143 e. The summed E-state index contributed by atoms with van der Waals surface area (Å²) in [5.74, 6) is -0.413. The largest absolute Gasteiger partial charge is 0.368 e. The van der Waals surface area contributed by atoms with Gasteiger partial charge in [0.2, 0.25) is 0 Å². The highest BCUT2D eigenvalue weighted by atomic mass is 19.1. The van der Waals surface area contributed by atoms with E-state index in [-0.39, 0.29) is 5.56 Å². The Labute approximate surface area is 106 Å². The lowest BCUT2D eigenvalue weighted by Gasteiger charge is -2.39. The molecular weight excluding hydrogens is 229 g/mol. The molecule has 0 bridgehead atoms. The fourth-order valence-corrected chi connectivity index (χ4v) is 3.10. The van der Waals surface area contributed by atoms with Gasteiger partial charge in [0, 0.05) is 25.7 Å². The zero-order valence-corrected chi connectivity index (χ0v) is 10.3. The maximum atomic E-state index is 13.6. The van der Waals surface area contributed by atoms with Crippen LogP contribution in [0.1, 0.15) is 18.4 Å². The first-order valence-electron chi connectivity index (χ1n) is 6.47. The minimum atomic E-state index is -0.413. The molecule has 2 saturated heterocycles. The van der Waals surface area contributed by atoms with Crippen LogP contribution < -0.4 is 4.90 Å². The Morgan fingerprint density at radius 3 is 3.00 bits per heavy atom. The smallest absolute Gasteiger partial charge is 0.143 e. The Morgan fingerprint density at radius 2 is 2.17 bits per heavy atom. The molecule has 18 heavy (non-hydrogen) atoms. The number of hydrogen-bond donors (Lipinski definition) is 0. The topological polar surface area (TPSA) is 30.3 Å². The van der Waals surface area contributed by atoms with Gasteiger partial charge in [-0.05, 0) is 31.5 Å². The van der Waals surface area contributed by atoms with Crippen LogP contribution in [0.4, 0.5) is 10.1 Å². The van der Waals surface area contributed by atoms with Crippen LogP contribution in [-0.2, 0) is 0 Å². The summed E-state index contributed by atoms with van der Waals surface area (Å²) in [5.41, 5.74) is 0.938. The average molecular weight is 245 g/mol. The molecule has 0 saturated carbocycles. The van der Waals surface area contributed by atoms with E-state index in [9.17, 15) is 4.39 Å². The van der Waals surface area contributed by atoms with Gasteiger partial charge in [-0.3, -0.25) is 4.90 Å². The lowest BCUT2D eigenvalue weighted by molar-refractivity contribution is 0.231. The van der Waals surface area contributed by atoms with Gasteiger partial charge < -0.3 is 4.90 Å². The van der Waals surface area contributed by atoms with E-state index in [1.165, 1.54) is 25.5 Å². The second-order valence-corrected chi connectivity index (χ2v) is 5.02. The maximum absolute atomic E-state index is 13.6. The minimum absolute atomic E-state index is 0.184. The van der Waals surface area contributed by atoms with E-state index in [4.69, 9.17) is 5.26 Å². The van der Waals surface area contributed by atoms with Crippen LogP contribution in [0.5, 0.6) is 0 Å². The van der Waals surface area contributed by atoms with Gasteiger partial charge in [0.25, 0.3) is 0 Å². The molecule has 0 amide bonds. The zero-order valence-electron chi connectivity index (χ0n) is 10.3. The molecule has 2 aliphatic heterocycles. The van der Waals surface area contributed by atoms with Crippen molar-refractivity contribution in [2.24, 2.45) is 0 Å². The van der Waals surface area contributed by atoms with Crippen molar-refractivity contribution in [1.82, 2.24) is 4.90 Å². The van der Waals surface area contributed by atoms with E-state index < -0.39 is 5.82 Å². The standard InChI is InChI=1S/C14H16FN3/c15-13-4-1-5-14(12(13)9-16)18-8-7-17-6-2-3-11(17)10-18/h1,4-5,11H,2-3,6-8,10H2. The molecule has 2 aliphatic rings. The summed E-state index contributed by atoms with van der Waals surface area (Å²) in [6, 6.07) is 7.46. The van der Waals surface area contributed by atoms with Crippen molar-refractivity contribution >= 4 is 5.69 Å². The SMILES string of the molecule is N#Cc1c(F)cccc1N1CCN2CCCC2C1. The Balaban J connectivity index is 1.87. The van der Waals surface area contributed by atoms with Gasteiger partial charge in [-0.15, -0.1) is 0 Å². The summed E-state index contributed by atoms with van der Waals surface area (Å²) in [7, 11) is 0. The van der Waals surface area contributed by atoms with Gasteiger partial charge in [-0.1, -0.05) is 6.07 Å². The van der Waals surface area contributed by atoms with Crippen molar-refractivity contribution in [2.75, 3.05) is 31.1 Å². The van der Waals surface area contributed by atoms with E-state index in [1.54, 1.807) is 6.07 Å². The third-order valence-electron chi connectivity index (χ3n) is 4.03. The Kier molecular flexibility index (Phi) is 2.92. The Hall–Kier alpha value is -1.60. The van der Waals surface area contributed by atoms with E-state index in [0.29, 0.717) is 6.04 Å². The van der Waals surface area contributed by atoms with Crippen LogP contribution in [0, 0.1) is 17.1 Å². The molecule has 2 fully saturated rings. The number of fused-ring (bicyclic) bond motifs is 1. The molecule has 3 rings (SSSR count). The first kappa shape index (κ1) is 11.5. The van der Waals surface area contributed by atoms with E-state index >= 15 is 0 Å². The lowest BCUT2D eigenvalue weighted by atomic mass is 10.1. The molecule has 4 heteroatoms. The molecule has 0 aromatic heterocycles. The zero-order chi connectivity index (χ0) is 12.5. The summed E-state index contributed by atoms with van der Waals surface area (Å²) in [4.78, 5) is 4.66. The van der Waals surface area contributed by atoms with Gasteiger partial charge in [-0.2, -0.15) is 5.26 Å². The third-order valence-corrected chi connectivity index (χ3v) is 4.03. The van der Waals surface area contributed by atoms with E-state index in [0.717, 1.165) is 25.3 Å². The van der Waals surface area contributed by atoms with Crippen LogP contribution in [-0.4, -0.2) is 37.1 Å². The van der Waals surface area contributed by atoms with Crippen LogP contribution in [0.25, 0.3) is 0 Å². The van der Waals surface area contributed by atoms with Crippen molar-refractivity contribution in [2.45, 2.75) is 18.9 Å². The number of anilines is 1. The number of rotatable bonds is 1. The number of halogens is 1. The monoisotopic (exact) mass is 245 g/mol. The molecule has 0 N–H and O–H groups in total. The number of nitriles is 1. The van der Waals surface area contributed by atoms with Gasteiger partial charge >= 0.3 is 0 Å². The van der Waals surface area contributed by atoms with Crippen LogP contribution >= 0.6 is 0 Å². The highest BCUT2D eigenvalue weighted by Gasteiger charge is 2.31. The molecule has 0 spiro atoms. The molecule has 3 nitrogen and oxygen atoms in total. The molecule has 1 unspecified atom stereocenters. The first-order chi connectivity index (χ1) is 8.79. The van der Waals surface area contributed by atoms with Crippen LogP contribution in [0.15, 0.2) is 18.2 Å². The quantitative estimate of drug-likeness (QED) is 0.758. The molecular formula is C14H16FN3. The van der Waals surface area contributed by atoms with E-state index in [1.807, 2.05) is 12.1 Å². The van der Waals surface area contributed by atoms with Crippen molar-refractivity contribution in [3.63, 3.8) is 0 Å². The van der Waals surface area contributed by atoms with Gasteiger partial charge in [0.15, 0.2) is 0 Å². The van der Waals surface area contributed by atoms with Gasteiger partial charge in [0.05, 0.1) is 5.69 Å². The van der Waals surface area contributed by atoms with Crippen LogP contribution in [0.3, 0.4) is 0 Å². The van der Waals surface area contributed by atoms with Crippen molar-refractivity contribution < 1.29 is 4.39 Å². The van der Waals surface area contributed by atoms with Gasteiger partial charge in [-0.25, -0.2) is 4.39 Å². The van der Waals surface area contributed by atoms with Crippen LogP contribution in [0.2, 0.25) is 0 Å². The molecule has 1 atom stereocenters. The minimum Gasteiger partial charge on any atom is -0.368 e. The summed E-state index contributed by atoms with van der Waals surface area (Å²) in [6.07, 6.45) is 2.47. The highest BCUT2D eigenvalue weighted by molar-refractivity contribution is 5.60. The van der Waals surface area contributed by atoms with Crippen molar-refractivity contribution in [3.8, 4) is 6.07 Å². The van der Waals surface area contributed by atoms with Crippen molar-refractivity contribution in [1.29, 1.82) is 5.26 Å². The molecule has 94 valence electrons. The predicted molar refractivity (Wildman–Crippen MR) is 67.9 cm³/mol.